The second-order valence-corrected chi connectivity index (χ2v) is 2.61. The Balaban J connectivity index is -0.000000244. The van der Waals surface area contributed by atoms with E-state index in [0.717, 1.165) is 0 Å². The van der Waals surface area contributed by atoms with E-state index in [-0.39, 0.29) is 42.4 Å². The summed E-state index contributed by atoms with van der Waals surface area (Å²) in [5.74, 6) is -2.47. The van der Waals surface area contributed by atoms with E-state index in [1.54, 1.807) is 6.92 Å². The molecule has 0 spiro atoms. The molecule has 0 aromatic heterocycles. The Morgan fingerprint density at radius 1 is 1.41 bits per heavy atom. The first-order valence-corrected chi connectivity index (χ1v) is 4.41. The van der Waals surface area contributed by atoms with Crippen molar-refractivity contribution < 1.29 is 58.9 Å². The minimum absolute atomic E-state index is 0. The van der Waals surface area contributed by atoms with Crippen molar-refractivity contribution in [2.45, 2.75) is 25.8 Å². The van der Waals surface area contributed by atoms with E-state index in [0.29, 0.717) is 6.61 Å². The molecule has 5 N–H and O–H groups in total. The molecule has 0 saturated heterocycles. The number of nitrogens with two attached hydrogens (primary N) is 2. The maximum Gasteiger partial charge on any atom is 1.00 e. The molecule has 0 radical (unpaired) electrons. The maximum atomic E-state index is 9.88. The normalized spacial score (nSPS) is 10.0. The summed E-state index contributed by atoms with van der Waals surface area (Å²) in [5.41, 5.74) is 9.48. The summed E-state index contributed by atoms with van der Waals surface area (Å²) >= 11 is 0. The first-order valence-electron chi connectivity index (χ1n) is 4.41. The Kier molecular flexibility index (Phi) is 16.7. The zero-order valence-electron chi connectivity index (χ0n) is 9.84. The molecule has 0 saturated carbocycles. The van der Waals surface area contributed by atoms with Crippen LogP contribution >= 0.6 is 0 Å². The van der Waals surface area contributed by atoms with Crippen LogP contribution < -0.4 is 46.1 Å². The molecule has 0 aromatic carbocycles. The molecule has 9 heteroatoms. The zero-order chi connectivity index (χ0) is 13.1. The van der Waals surface area contributed by atoms with E-state index in [2.05, 4.69) is 10.5 Å². The average Bonchev–Trinajstić information content (AvgIpc) is 2.14. The molecule has 1 atom stereocenters. The number of rotatable bonds is 5. The molecule has 0 fully saturated rings. The quantitative estimate of drug-likeness (QED) is 0.417. The summed E-state index contributed by atoms with van der Waals surface area (Å²) in [6.45, 7) is 2.06. The van der Waals surface area contributed by atoms with Crippen molar-refractivity contribution in [1.29, 1.82) is 0 Å². The van der Waals surface area contributed by atoms with Gasteiger partial charge in [-0.25, -0.2) is 4.79 Å². The number of carboxylic acid groups (broad SMARTS) is 2. The third kappa shape index (κ3) is 21.1. The van der Waals surface area contributed by atoms with Gasteiger partial charge in [0.1, 0.15) is 0 Å². The third-order valence-electron chi connectivity index (χ3n) is 1.26. The van der Waals surface area contributed by atoms with Crippen molar-refractivity contribution in [2.24, 2.45) is 11.5 Å². The van der Waals surface area contributed by atoms with Gasteiger partial charge in [0, 0.05) is 12.5 Å². The van der Waals surface area contributed by atoms with Gasteiger partial charge in [-0.2, -0.15) is 0 Å². The average molecular weight is 258 g/mol. The fraction of sp³-hybridized carbons (Fsp3) is 0.625. The molecule has 0 aliphatic carbocycles. The monoisotopic (exact) mass is 258 g/mol. The van der Waals surface area contributed by atoms with Crippen molar-refractivity contribution in [1.82, 2.24) is 0 Å². The van der Waals surface area contributed by atoms with Gasteiger partial charge in [-0.15, -0.1) is 0 Å². The molecular formula is C8H15N2NaO6. The standard InChI is InChI=1S/C5H9NO4.C3H7NO2.Na/c6-3(5(9)10)1-2-4(7)8;1-2-6-3(4)5;/h3H,1-2,6H2,(H,7,8)(H,9,10);2H2,1H3,(H2,4,5);/q;;+1/p-1. The maximum absolute atomic E-state index is 9.88. The number of hydrogen-bond acceptors (Lipinski definition) is 6. The van der Waals surface area contributed by atoms with Crippen LogP contribution in [0, 0.1) is 0 Å². The summed E-state index contributed by atoms with van der Waals surface area (Å²) in [5, 5.41) is 18.0. The molecule has 1 amide bonds. The fourth-order valence-corrected chi connectivity index (χ4v) is 0.539. The summed E-state index contributed by atoms with van der Waals surface area (Å²) in [7, 11) is 0. The number of hydrogen-bond donors (Lipinski definition) is 3. The molecule has 0 rings (SSSR count). The number of carbonyl (C=O) groups excluding carboxylic acids is 2. The van der Waals surface area contributed by atoms with Gasteiger partial charge >= 0.3 is 41.6 Å². The van der Waals surface area contributed by atoms with Crippen molar-refractivity contribution in [3.05, 3.63) is 0 Å². The topological polar surface area (TPSA) is 156 Å². The molecule has 8 nitrogen and oxygen atoms in total. The number of aliphatic carboxylic acids is 2. The fourth-order valence-electron chi connectivity index (χ4n) is 0.539. The smallest absolute Gasteiger partial charge is 0.548 e. The Labute approximate surface area is 121 Å². The second kappa shape index (κ2) is 13.2. The first-order chi connectivity index (χ1) is 7.31. The largest absolute Gasteiger partial charge is 1.00 e. The van der Waals surface area contributed by atoms with Crippen LogP contribution in [-0.4, -0.2) is 35.8 Å². The van der Waals surface area contributed by atoms with Crippen LogP contribution in [-0.2, 0) is 14.3 Å². The molecule has 0 bridgehead atoms. The van der Waals surface area contributed by atoms with Gasteiger partial charge in [0.05, 0.1) is 12.6 Å². The summed E-state index contributed by atoms with van der Waals surface area (Å²) in [6, 6.07) is -1.17. The summed E-state index contributed by atoms with van der Waals surface area (Å²) < 4.78 is 4.18. The number of primary amides is 1. The Morgan fingerprint density at radius 3 is 2.06 bits per heavy atom. The first kappa shape index (κ1) is 21.5. The SMILES string of the molecule is CCOC(N)=O.NC(CCC(=O)O)C(=O)[O-].[Na+]. The minimum atomic E-state index is -1.42. The minimum Gasteiger partial charge on any atom is -0.548 e. The van der Waals surface area contributed by atoms with Gasteiger partial charge in [0.2, 0.25) is 0 Å². The van der Waals surface area contributed by atoms with E-state index in [1.807, 2.05) is 0 Å². The van der Waals surface area contributed by atoms with Crippen molar-refractivity contribution in [2.75, 3.05) is 6.61 Å². The van der Waals surface area contributed by atoms with Crippen LogP contribution in [0.15, 0.2) is 0 Å². The van der Waals surface area contributed by atoms with Gasteiger partial charge in [0.15, 0.2) is 0 Å². The van der Waals surface area contributed by atoms with Gasteiger partial charge in [-0.05, 0) is 13.3 Å². The Morgan fingerprint density at radius 2 is 1.88 bits per heavy atom. The van der Waals surface area contributed by atoms with Gasteiger partial charge in [-0.1, -0.05) is 0 Å². The van der Waals surface area contributed by atoms with Crippen LogP contribution in [0.5, 0.6) is 0 Å². The predicted molar refractivity (Wildman–Crippen MR) is 51.1 cm³/mol. The number of ether oxygens (including phenoxy) is 1. The number of carboxylic acids is 2. The molecule has 1 unspecified atom stereocenters. The van der Waals surface area contributed by atoms with Crippen molar-refractivity contribution in [3.63, 3.8) is 0 Å². The summed E-state index contributed by atoms with van der Waals surface area (Å²) in [4.78, 5) is 29.3. The van der Waals surface area contributed by atoms with Crippen LogP contribution in [0.4, 0.5) is 4.79 Å². The van der Waals surface area contributed by atoms with E-state index >= 15 is 0 Å². The predicted octanol–water partition coefficient (Wildman–Crippen LogP) is -4.97. The molecular weight excluding hydrogens is 243 g/mol. The van der Waals surface area contributed by atoms with Gasteiger partial charge < -0.3 is 31.2 Å². The van der Waals surface area contributed by atoms with Gasteiger partial charge in [0.25, 0.3) is 0 Å². The van der Waals surface area contributed by atoms with E-state index in [9.17, 15) is 19.5 Å². The molecule has 0 heterocycles. The van der Waals surface area contributed by atoms with Crippen molar-refractivity contribution in [3.8, 4) is 0 Å². The van der Waals surface area contributed by atoms with Crippen LogP contribution in [0.2, 0.25) is 0 Å². The van der Waals surface area contributed by atoms with E-state index in [1.165, 1.54) is 0 Å². The van der Waals surface area contributed by atoms with Crippen LogP contribution in [0.25, 0.3) is 0 Å². The number of amides is 1. The van der Waals surface area contributed by atoms with Gasteiger partial charge in [-0.3, -0.25) is 4.79 Å². The molecule has 0 aliphatic heterocycles. The van der Waals surface area contributed by atoms with E-state index in [4.69, 9.17) is 10.8 Å². The number of carbonyl (C=O) groups is 3. The molecule has 0 aromatic rings. The molecule has 94 valence electrons. The summed E-state index contributed by atoms with van der Waals surface area (Å²) in [6.07, 6.45) is -1.04. The van der Waals surface area contributed by atoms with E-state index < -0.39 is 24.1 Å². The van der Waals surface area contributed by atoms with Crippen molar-refractivity contribution >= 4 is 18.0 Å². The van der Waals surface area contributed by atoms with Crippen LogP contribution in [0.3, 0.4) is 0 Å². The van der Waals surface area contributed by atoms with Crippen LogP contribution in [0.1, 0.15) is 19.8 Å². The Hall–Kier alpha value is -0.830. The Bertz CT molecular complexity index is 248. The zero-order valence-corrected chi connectivity index (χ0v) is 11.8. The second-order valence-electron chi connectivity index (χ2n) is 2.61. The molecule has 0 aliphatic rings. The molecule has 17 heavy (non-hydrogen) atoms. The third-order valence-corrected chi connectivity index (χ3v) is 1.26.